The summed E-state index contributed by atoms with van der Waals surface area (Å²) in [6, 6.07) is 9.95. The van der Waals surface area contributed by atoms with Crippen molar-refractivity contribution in [3.8, 4) is 0 Å². The van der Waals surface area contributed by atoms with Gasteiger partial charge in [0.2, 0.25) is 0 Å². The van der Waals surface area contributed by atoms with Crippen molar-refractivity contribution in [1.82, 2.24) is 4.90 Å². The maximum absolute atomic E-state index is 12.9. The van der Waals surface area contributed by atoms with Crippen molar-refractivity contribution in [2.24, 2.45) is 17.3 Å². The Morgan fingerprint density at radius 1 is 1.39 bits per heavy atom. The zero-order valence-corrected chi connectivity index (χ0v) is 13.6. The van der Waals surface area contributed by atoms with Gasteiger partial charge in [0.15, 0.2) is 5.78 Å². The second-order valence-electron chi connectivity index (χ2n) is 6.79. The first-order valence-corrected chi connectivity index (χ1v) is 8.06. The standard InChI is InChI=1S/C18H23NO4/c1-12-8-15(20)14-10-19(9-13-6-4-3-5-7-13)11-18(12,16(14)21)17(22)23-2/h3-7,12,14-15,20H,8-11H2,1-2H3/t12-,14-,15-,18-/m1/s1. The third kappa shape index (κ3) is 2.58. The SMILES string of the molecule is COC(=O)[C@@]12CN(Cc3ccccc3)C[C@@H](C1=O)[C@H](O)C[C@H]2C. The molecule has 0 radical (unpaired) electrons. The van der Waals surface area contributed by atoms with Crippen LogP contribution in [0.1, 0.15) is 18.9 Å². The second kappa shape index (κ2) is 6.06. The van der Waals surface area contributed by atoms with Gasteiger partial charge in [0.1, 0.15) is 5.41 Å². The molecule has 23 heavy (non-hydrogen) atoms. The summed E-state index contributed by atoms with van der Waals surface area (Å²) >= 11 is 0. The molecule has 5 heteroatoms. The number of rotatable bonds is 3. The molecule has 4 atom stereocenters. The van der Waals surface area contributed by atoms with Gasteiger partial charge in [0, 0.05) is 19.6 Å². The summed E-state index contributed by atoms with van der Waals surface area (Å²) in [5.41, 5.74) is -0.0202. The van der Waals surface area contributed by atoms with Crippen LogP contribution >= 0.6 is 0 Å². The molecule has 5 nitrogen and oxygen atoms in total. The lowest BCUT2D eigenvalue weighted by Crippen LogP contribution is -2.66. The van der Waals surface area contributed by atoms with Gasteiger partial charge < -0.3 is 9.84 Å². The Morgan fingerprint density at radius 3 is 2.74 bits per heavy atom. The summed E-state index contributed by atoms with van der Waals surface area (Å²) in [6.45, 7) is 3.36. The molecule has 0 unspecified atom stereocenters. The fourth-order valence-corrected chi connectivity index (χ4v) is 4.12. The predicted octanol–water partition coefficient (Wildman–Crippen LogP) is 1.25. The number of carbonyl (C=O) groups is 2. The molecule has 3 rings (SSSR count). The summed E-state index contributed by atoms with van der Waals surface area (Å²) < 4.78 is 4.97. The quantitative estimate of drug-likeness (QED) is 0.671. The third-order valence-corrected chi connectivity index (χ3v) is 5.40. The molecule has 1 aliphatic carbocycles. The number of ether oxygens (including phenoxy) is 1. The van der Waals surface area contributed by atoms with Crippen LogP contribution in [0.5, 0.6) is 0 Å². The number of methoxy groups -OCH3 is 1. The lowest BCUT2D eigenvalue weighted by molar-refractivity contribution is -0.180. The first-order chi connectivity index (χ1) is 11.0. The first-order valence-electron chi connectivity index (χ1n) is 8.06. The Bertz CT molecular complexity index is 602. The molecule has 1 aromatic rings. The number of carbonyl (C=O) groups excluding carboxylic acids is 2. The Morgan fingerprint density at radius 2 is 2.09 bits per heavy atom. The molecule has 1 aliphatic heterocycles. The number of fused-ring (bicyclic) bond motifs is 2. The van der Waals surface area contributed by atoms with Gasteiger partial charge in [-0.3, -0.25) is 14.5 Å². The van der Waals surface area contributed by atoms with Crippen LogP contribution in [0.2, 0.25) is 0 Å². The average Bonchev–Trinajstić information content (AvgIpc) is 2.54. The van der Waals surface area contributed by atoms with E-state index in [9.17, 15) is 14.7 Å². The van der Waals surface area contributed by atoms with Gasteiger partial charge in [0.05, 0.1) is 19.1 Å². The van der Waals surface area contributed by atoms with Gasteiger partial charge in [-0.2, -0.15) is 0 Å². The minimum absolute atomic E-state index is 0.153. The molecule has 1 saturated heterocycles. The van der Waals surface area contributed by atoms with E-state index >= 15 is 0 Å². The second-order valence-corrected chi connectivity index (χ2v) is 6.79. The summed E-state index contributed by atoms with van der Waals surface area (Å²) in [6.07, 6.45) is -0.223. The van der Waals surface area contributed by atoms with E-state index in [1.54, 1.807) is 0 Å². The Kier molecular flexibility index (Phi) is 4.25. The fourth-order valence-electron chi connectivity index (χ4n) is 4.12. The van der Waals surface area contributed by atoms with Crippen LogP contribution in [0, 0.1) is 17.3 Å². The molecule has 124 valence electrons. The number of piperidine rings is 1. The molecule has 1 aromatic carbocycles. The third-order valence-electron chi connectivity index (χ3n) is 5.40. The summed E-state index contributed by atoms with van der Waals surface area (Å²) in [5.74, 6) is -1.36. The number of hydrogen-bond donors (Lipinski definition) is 1. The maximum Gasteiger partial charge on any atom is 0.320 e. The number of likely N-dealkylation sites (tertiary alicyclic amines) is 1. The molecule has 0 spiro atoms. The zero-order chi connectivity index (χ0) is 16.6. The lowest BCUT2D eigenvalue weighted by atomic mass is 9.59. The van der Waals surface area contributed by atoms with E-state index < -0.39 is 23.4 Å². The minimum Gasteiger partial charge on any atom is -0.468 e. The minimum atomic E-state index is -1.15. The summed E-state index contributed by atoms with van der Waals surface area (Å²) in [4.78, 5) is 27.4. The summed E-state index contributed by atoms with van der Waals surface area (Å²) in [7, 11) is 1.33. The van der Waals surface area contributed by atoms with Crippen LogP contribution in [0.3, 0.4) is 0 Å². The molecule has 1 heterocycles. The van der Waals surface area contributed by atoms with Crippen LogP contribution in [0.4, 0.5) is 0 Å². The molecule has 0 amide bonds. The highest BCUT2D eigenvalue weighted by Crippen LogP contribution is 2.46. The normalized spacial score (nSPS) is 34.2. The van der Waals surface area contributed by atoms with Crippen molar-refractivity contribution in [3.63, 3.8) is 0 Å². The van der Waals surface area contributed by atoms with Crippen molar-refractivity contribution in [1.29, 1.82) is 0 Å². The van der Waals surface area contributed by atoms with Crippen LogP contribution < -0.4 is 0 Å². The molecule has 0 aromatic heterocycles. The smallest absolute Gasteiger partial charge is 0.320 e. The highest BCUT2D eigenvalue weighted by Gasteiger charge is 2.61. The van der Waals surface area contributed by atoms with Crippen LogP contribution in [-0.2, 0) is 20.9 Å². The largest absolute Gasteiger partial charge is 0.468 e. The van der Waals surface area contributed by atoms with Crippen molar-refractivity contribution >= 4 is 11.8 Å². The molecule has 1 saturated carbocycles. The van der Waals surface area contributed by atoms with E-state index in [2.05, 4.69) is 4.90 Å². The predicted molar refractivity (Wildman–Crippen MR) is 84.5 cm³/mol. The highest BCUT2D eigenvalue weighted by molar-refractivity contribution is 6.07. The molecule has 2 bridgehead atoms. The van der Waals surface area contributed by atoms with E-state index in [0.29, 0.717) is 26.1 Å². The number of aliphatic hydroxyl groups is 1. The maximum atomic E-state index is 12.9. The van der Waals surface area contributed by atoms with Gasteiger partial charge in [-0.15, -0.1) is 0 Å². The van der Waals surface area contributed by atoms with Crippen LogP contribution in [0.15, 0.2) is 30.3 Å². The molecule has 2 fully saturated rings. The van der Waals surface area contributed by atoms with E-state index in [-0.39, 0.29) is 11.7 Å². The molecule has 1 N–H and O–H groups in total. The number of hydrogen-bond acceptors (Lipinski definition) is 5. The Labute approximate surface area is 136 Å². The van der Waals surface area contributed by atoms with Gasteiger partial charge in [-0.25, -0.2) is 0 Å². The Balaban J connectivity index is 1.92. The number of aliphatic hydroxyl groups excluding tert-OH is 1. The van der Waals surface area contributed by atoms with Crippen molar-refractivity contribution in [2.75, 3.05) is 20.2 Å². The van der Waals surface area contributed by atoms with Gasteiger partial charge in [-0.05, 0) is 17.9 Å². The lowest BCUT2D eigenvalue weighted by Gasteiger charge is -2.51. The monoisotopic (exact) mass is 317 g/mol. The Hall–Kier alpha value is -1.72. The number of nitrogens with zero attached hydrogens (tertiary/aromatic N) is 1. The van der Waals surface area contributed by atoms with E-state index in [0.717, 1.165) is 5.56 Å². The van der Waals surface area contributed by atoms with Crippen molar-refractivity contribution in [2.45, 2.75) is 26.0 Å². The molecular formula is C18H23NO4. The highest BCUT2D eigenvalue weighted by atomic mass is 16.5. The topological polar surface area (TPSA) is 66.8 Å². The molecular weight excluding hydrogens is 294 g/mol. The average molecular weight is 317 g/mol. The van der Waals surface area contributed by atoms with Crippen molar-refractivity contribution in [3.05, 3.63) is 35.9 Å². The van der Waals surface area contributed by atoms with E-state index in [1.165, 1.54) is 7.11 Å². The number of esters is 1. The van der Waals surface area contributed by atoms with Gasteiger partial charge >= 0.3 is 5.97 Å². The van der Waals surface area contributed by atoms with Gasteiger partial charge in [0.25, 0.3) is 0 Å². The zero-order valence-electron chi connectivity index (χ0n) is 13.6. The van der Waals surface area contributed by atoms with Crippen molar-refractivity contribution < 1.29 is 19.4 Å². The molecule has 2 aliphatic rings. The van der Waals surface area contributed by atoms with E-state index in [1.807, 2.05) is 37.3 Å². The number of Topliss-reactive ketones (excluding diaryl/α,β-unsaturated/α-hetero) is 1. The van der Waals surface area contributed by atoms with Gasteiger partial charge in [-0.1, -0.05) is 37.3 Å². The first kappa shape index (κ1) is 16.1. The number of benzene rings is 1. The fraction of sp³-hybridized carbons (Fsp3) is 0.556. The van der Waals surface area contributed by atoms with Crippen LogP contribution in [0.25, 0.3) is 0 Å². The van der Waals surface area contributed by atoms with E-state index in [4.69, 9.17) is 4.74 Å². The number of ketones is 1. The van der Waals surface area contributed by atoms with Crippen LogP contribution in [-0.4, -0.2) is 48.1 Å². The summed E-state index contributed by atoms with van der Waals surface area (Å²) in [5, 5.41) is 10.3.